The molecule has 0 spiro atoms. The molecule has 8 nitrogen and oxygen atoms in total. The van der Waals surface area contributed by atoms with E-state index in [1.54, 1.807) is 0 Å². The Kier molecular flexibility index (Phi) is 8.38. The Labute approximate surface area is 216 Å². The number of rotatable bonds is 10. The maximum absolute atomic E-state index is 13.6. The van der Waals surface area contributed by atoms with E-state index >= 15 is 0 Å². The van der Waals surface area contributed by atoms with Crippen LogP contribution in [0, 0.1) is 23.7 Å². The van der Waals surface area contributed by atoms with Gasteiger partial charge in [-0.1, -0.05) is 72.8 Å². The highest BCUT2D eigenvalue weighted by Gasteiger charge is 2.52. The van der Waals surface area contributed by atoms with Crippen LogP contribution >= 0.6 is 0 Å². The number of hydrogen-bond donors (Lipinski definition) is 2. The Morgan fingerprint density at radius 3 is 2.08 bits per heavy atom. The molecular formula is C29H32N2O6. The fourth-order valence-corrected chi connectivity index (χ4v) is 5.20. The van der Waals surface area contributed by atoms with Crippen molar-refractivity contribution >= 4 is 23.8 Å². The van der Waals surface area contributed by atoms with Crippen LogP contribution in [0.15, 0.2) is 72.8 Å². The van der Waals surface area contributed by atoms with Crippen molar-refractivity contribution in [3.8, 4) is 0 Å². The molecule has 0 aromatic heterocycles. The van der Waals surface area contributed by atoms with Crippen LogP contribution in [0.4, 0.5) is 0 Å². The van der Waals surface area contributed by atoms with Gasteiger partial charge in [0.05, 0.1) is 18.9 Å². The standard InChI is InChI=1S/C29H32N2O6/c1-18(28(34)36-2)30-26(32)23(15-19-9-5-3-6-10-19)31-27(33)24-21-13-14-22(16-21)25(24)29(35)37-17-20-11-7-4-8-12-20/h3-14,18,21-25H,15-17H2,1-2H3,(H,30,32)(H,31,33)/t18-,21+,22-,23-,24+,25-/m0/s1. The van der Waals surface area contributed by atoms with Gasteiger partial charge in [-0.25, -0.2) is 4.79 Å². The lowest BCUT2D eigenvalue weighted by Crippen LogP contribution is -2.54. The van der Waals surface area contributed by atoms with Gasteiger partial charge >= 0.3 is 11.9 Å². The van der Waals surface area contributed by atoms with E-state index in [2.05, 4.69) is 10.6 Å². The molecule has 0 radical (unpaired) electrons. The summed E-state index contributed by atoms with van der Waals surface area (Å²) in [5.41, 5.74) is 1.72. The van der Waals surface area contributed by atoms with Gasteiger partial charge in [0.15, 0.2) is 0 Å². The number of carbonyl (C=O) groups excluding carboxylic acids is 4. The summed E-state index contributed by atoms with van der Waals surface area (Å²) in [6.45, 7) is 1.65. The fraction of sp³-hybridized carbons (Fsp3) is 0.379. The van der Waals surface area contributed by atoms with Crippen LogP contribution in [0.1, 0.15) is 24.5 Å². The Balaban J connectivity index is 1.48. The molecule has 2 aromatic carbocycles. The first-order valence-corrected chi connectivity index (χ1v) is 12.5. The molecule has 0 heterocycles. The highest BCUT2D eigenvalue weighted by atomic mass is 16.5. The van der Waals surface area contributed by atoms with E-state index in [4.69, 9.17) is 9.47 Å². The van der Waals surface area contributed by atoms with Gasteiger partial charge in [-0.3, -0.25) is 14.4 Å². The van der Waals surface area contributed by atoms with Crippen LogP contribution in [-0.2, 0) is 41.7 Å². The number of ether oxygens (including phenoxy) is 2. The number of carbonyl (C=O) groups is 4. The lowest BCUT2D eigenvalue weighted by atomic mass is 9.82. The first-order valence-electron chi connectivity index (χ1n) is 12.5. The molecular weight excluding hydrogens is 472 g/mol. The summed E-state index contributed by atoms with van der Waals surface area (Å²) in [5, 5.41) is 5.49. The number of methoxy groups -OCH3 is 1. The van der Waals surface area contributed by atoms with Gasteiger partial charge in [-0.15, -0.1) is 0 Å². The van der Waals surface area contributed by atoms with Crippen molar-refractivity contribution in [3.05, 3.63) is 83.9 Å². The number of nitrogens with one attached hydrogen (secondary N) is 2. The number of benzene rings is 2. The first-order chi connectivity index (χ1) is 17.9. The third-order valence-electron chi connectivity index (χ3n) is 7.09. The fourth-order valence-electron chi connectivity index (χ4n) is 5.20. The molecule has 2 amide bonds. The smallest absolute Gasteiger partial charge is 0.328 e. The van der Waals surface area contributed by atoms with Crippen molar-refractivity contribution in [2.45, 2.75) is 38.5 Å². The molecule has 4 rings (SSSR count). The number of allylic oxidation sites excluding steroid dienone is 2. The number of fused-ring (bicyclic) bond motifs is 2. The van der Waals surface area contributed by atoms with Crippen LogP contribution in [0.3, 0.4) is 0 Å². The summed E-state index contributed by atoms with van der Waals surface area (Å²) in [7, 11) is 1.24. The van der Waals surface area contributed by atoms with Crippen molar-refractivity contribution in [1.82, 2.24) is 10.6 Å². The molecule has 2 aromatic rings. The minimum absolute atomic E-state index is 0.0789. The van der Waals surface area contributed by atoms with Crippen LogP contribution in [0.2, 0.25) is 0 Å². The number of hydrogen-bond acceptors (Lipinski definition) is 6. The van der Waals surface area contributed by atoms with Crippen molar-refractivity contribution in [3.63, 3.8) is 0 Å². The molecule has 37 heavy (non-hydrogen) atoms. The van der Waals surface area contributed by atoms with Crippen LogP contribution < -0.4 is 10.6 Å². The average Bonchev–Trinajstić information content (AvgIpc) is 3.54. The molecule has 1 saturated carbocycles. The van der Waals surface area contributed by atoms with Crippen molar-refractivity contribution in [2.75, 3.05) is 7.11 Å². The molecule has 6 atom stereocenters. The minimum atomic E-state index is -0.939. The molecule has 0 unspecified atom stereocenters. The predicted octanol–water partition coefficient (Wildman–Crippen LogP) is 2.57. The Morgan fingerprint density at radius 2 is 1.46 bits per heavy atom. The van der Waals surface area contributed by atoms with Gasteiger partial charge in [0.2, 0.25) is 11.8 Å². The van der Waals surface area contributed by atoms with Gasteiger partial charge in [0, 0.05) is 6.42 Å². The van der Waals surface area contributed by atoms with E-state index in [0.717, 1.165) is 11.1 Å². The van der Waals surface area contributed by atoms with Crippen molar-refractivity contribution < 1.29 is 28.7 Å². The predicted molar refractivity (Wildman–Crippen MR) is 136 cm³/mol. The van der Waals surface area contributed by atoms with Crippen LogP contribution in [0.5, 0.6) is 0 Å². The molecule has 8 heteroatoms. The maximum Gasteiger partial charge on any atom is 0.328 e. The zero-order chi connectivity index (χ0) is 26.4. The first kappa shape index (κ1) is 26.1. The van der Waals surface area contributed by atoms with E-state index in [-0.39, 0.29) is 30.8 Å². The third kappa shape index (κ3) is 6.25. The van der Waals surface area contributed by atoms with Gasteiger partial charge in [0.25, 0.3) is 0 Å². The highest BCUT2D eigenvalue weighted by molar-refractivity contribution is 5.93. The van der Waals surface area contributed by atoms with Crippen LogP contribution in [-0.4, -0.2) is 42.9 Å². The summed E-state index contributed by atoms with van der Waals surface area (Å²) in [4.78, 5) is 51.7. The van der Waals surface area contributed by atoms with E-state index in [1.165, 1.54) is 14.0 Å². The monoisotopic (exact) mass is 504 g/mol. The Bertz CT molecular complexity index is 1150. The Morgan fingerprint density at radius 1 is 0.865 bits per heavy atom. The molecule has 0 saturated heterocycles. The average molecular weight is 505 g/mol. The summed E-state index contributed by atoms with van der Waals surface area (Å²) in [6, 6.07) is 16.9. The molecule has 1 fully saturated rings. The third-order valence-corrected chi connectivity index (χ3v) is 7.09. The number of esters is 2. The second kappa shape index (κ2) is 11.9. The summed E-state index contributed by atoms with van der Waals surface area (Å²) < 4.78 is 10.3. The van der Waals surface area contributed by atoms with E-state index < -0.39 is 41.8 Å². The highest BCUT2D eigenvalue weighted by Crippen LogP contribution is 2.48. The largest absolute Gasteiger partial charge is 0.467 e. The molecule has 2 aliphatic rings. The van der Waals surface area contributed by atoms with Gasteiger partial charge in [0.1, 0.15) is 18.7 Å². The molecule has 2 bridgehead atoms. The summed E-state index contributed by atoms with van der Waals surface area (Å²) >= 11 is 0. The van der Waals surface area contributed by atoms with E-state index in [9.17, 15) is 19.2 Å². The van der Waals surface area contributed by atoms with Gasteiger partial charge in [-0.05, 0) is 36.3 Å². The zero-order valence-electron chi connectivity index (χ0n) is 21.0. The minimum Gasteiger partial charge on any atom is -0.467 e. The Hall–Kier alpha value is -3.94. The second-order valence-electron chi connectivity index (χ2n) is 9.60. The molecule has 0 aliphatic heterocycles. The van der Waals surface area contributed by atoms with Crippen LogP contribution in [0.25, 0.3) is 0 Å². The molecule has 2 N–H and O–H groups in total. The van der Waals surface area contributed by atoms with Crippen molar-refractivity contribution in [2.24, 2.45) is 23.7 Å². The summed E-state index contributed by atoms with van der Waals surface area (Å²) in [6.07, 6.45) is 4.88. The molecule has 2 aliphatic carbocycles. The van der Waals surface area contributed by atoms with Gasteiger partial charge in [-0.2, -0.15) is 0 Å². The zero-order valence-corrected chi connectivity index (χ0v) is 21.0. The summed E-state index contributed by atoms with van der Waals surface area (Å²) in [5.74, 6) is -3.31. The quantitative estimate of drug-likeness (QED) is 0.380. The van der Waals surface area contributed by atoms with Gasteiger partial charge < -0.3 is 20.1 Å². The second-order valence-corrected chi connectivity index (χ2v) is 9.60. The normalized spacial score (nSPS) is 23.1. The molecule has 194 valence electrons. The SMILES string of the molecule is COC(=O)[C@H](C)NC(=O)[C@H](Cc1ccccc1)NC(=O)[C@H]1[C@@H](C(=O)OCc2ccccc2)[C@H]2C=C[C@@H]1C2. The lowest BCUT2D eigenvalue weighted by molar-refractivity contribution is -0.155. The van der Waals surface area contributed by atoms with E-state index in [0.29, 0.717) is 6.42 Å². The van der Waals surface area contributed by atoms with Crippen molar-refractivity contribution in [1.29, 1.82) is 0 Å². The maximum atomic E-state index is 13.6. The lowest BCUT2D eigenvalue weighted by Gasteiger charge is -2.28. The topological polar surface area (TPSA) is 111 Å². The number of amides is 2. The van der Waals surface area contributed by atoms with E-state index in [1.807, 2.05) is 72.8 Å².